The Kier molecular flexibility index (Phi) is 6.03. The van der Waals surface area contributed by atoms with E-state index in [0.717, 1.165) is 31.4 Å². The van der Waals surface area contributed by atoms with Crippen LogP contribution in [0, 0.1) is 0 Å². The summed E-state index contributed by atoms with van der Waals surface area (Å²) < 4.78 is 17.3. The molecule has 1 aliphatic heterocycles. The number of ether oxygens (including phenoxy) is 1. The number of rotatable bonds is 4. The molecular formula is C29H26ClNO6. The van der Waals surface area contributed by atoms with Gasteiger partial charge in [-0.2, -0.15) is 0 Å². The number of carbonyl (C=O) groups excluding carboxylic acids is 2. The fourth-order valence-electron chi connectivity index (χ4n) is 5.88. The van der Waals surface area contributed by atoms with Crippen LogP contribution in [0.15, 0.2) is 79.0 Å². The molecule has 2 aromatic heterocycles. The normalized spacial score (nSPS) is 22.4. The van der Waals surface area contributed by atoms with Crippen LogP contribution in [-0.2, 0) is 14.3 Å². The predicted molar refractivity (Wildman–Crippen MR) is 137 cm³/mol. The van der Waals surface area contributed by atoms with Crippen molar-refractivity contribution in [2.75, 3.05) is 0 Å². The summed E-state index contributed by atoms with van der Waals surface area (Å²) in [6, 6.07) is 8.48. The third kappa shape index (κ3) is 4.21. The van der Waals surface area contributed by atoms with E-state index < -0.39 is 11.9 Å². The number of ketones is 1. The Hall–Kier alpha value is -3.58. The number of carbonyl (C=O) groups is 2. The molecule has 0 radical (unpaired) electrons. The lowest BCUT2D eigenvalue weighted by Crippen LogP contribution is -2.38. The maximum absolute atomic E-state index is 13.8. The maximum Gasteiger partial charge on any atom is 0.337 e. The molecule has 2 atom stereocenters. The number of Topliss-reactive ketones (excluding diaryl/α,β-unsaturated/α-hetero) is 1. The van der Waals surface area contributed by atoms with Crippen molar-refractivity contribution >= 4 is 34.3 Å². The molecule has 1 aromatic carbocycles. The highest BCUT2D eigenvalue weighted by atomic mass is 35.5. The Morgan fingerprint density at radius 1 is 1.11 bits per heavy atom. The third-order valence-corrected chi connectivity index (χ3v) is 7.88. The lowest BCUT2D eigenvalue weighted by molar-refractivity contribution is -0.144. The zero-order valence-corrected chi connectivity index (χ0v) is 21.1. The summed E-state index contributed by atoms with van der Waals surface area (Å²) in [5.74, 6) is -0.980. The van der Waals surface area contributed by atoms with Gasteiger partial charge in [-0.3, -0.25) is 9.59 Å². The number of benzene rings is 1. The van der Waals surface area contributed by atoms with Gasteiger partial charge >= 0.3 is 5.97 Å². The number of nitrogens with one attached hydrogen (secondary N) is 1. The lowest BCUT2D eigenvalue weighted by Gasteiger charge is -2.36. The molecule has 7 nitrogen and oxygen atoms in total. The highest BCUT2D eigenvalue weighted by molar-refractivity contribution is 6.31. The number of hydrogen-bond donors (Lipinski definition) is 1. The standard InChI is InChI=1S/C29H26ClNO6/c1-15-25(29(34)37-18-5-2-3-6-18)26(20-14-36-24-9-8-17(30)13-19(24)28(20)33)27-21(31-15)11-16(12-22(27)32)23-7-4-10-35-23/h4,7-10,13-14,16,18,26,31H,2-3,5-6,11-12H2,1H3/t16-,26+/m0/s1. The van der Waals surface area contributed by atoms with Crippen LogP contribution in [0.5, 0.6) is 0 Å². The van der Waals surface area contributed by atoms with Crippen molar-refractivity contribution in [2.24, 2.45) is 0 Å². The molecule has 8 heteroatoms. The Morgan fingerprint density at radius 2 is 1.92 bits per heavy atom. The molecule has 190 valence electrons. The van der Waals surface area contributed by atoms with Gasteiger partial charge in [0.2, 0.25) is 0 Å². The summed E-state index contributed by atoms with van der Waals surface area (Å²) in [4.78, 5) is 41.1. The van der Waals surface area contributed by atoms with E-state index in [0.29, 0.717) is 39.4 Å². The van der Waals surface area contributed by atoms with Crippen molar-refractivity contribution in [3.8, 4) is 0 Å². The van der Waals surface area contributed by atoms with Crippen molar-refractivity contribution in [3.63, 3.8) is 0 Å². The molecule has 3 heterocycles. The predicted octanol–water partition coefficient (Wildman–Crippen LogP) is 5.89. The second-order valence-electron chi connectivity index (χ2n) is 10.0. The quantitative estimate of drug-likeness (QED) is 0.429. The minimum absolute atomic E-state index is 0.138. The van der Waals surface area contributed by atoms with E-state index in [1.165, 1.54) is 6.26 Å². The largest absolute Gasteiger partial charge is 0.469 e. The highest BCUT2D eigenvalue weighted by Gasteiger charge is 2.43. The topological polar surface area (TPSA) is 98.8 Å². The summed E-state index contributed by atoms with van der Waals surface area (Å²) in [7, 11) is 0. The third-order valence-electron chi connectivity index (χ3n) is 7.64. The van der Waals surface area contributed by atoms with Crippen LogP contribution in [0.4, 0.5) is 0 Å². The lowest BCUT2D eigenvalue weighted by atomic mass is 9.72. The molecule has 0 unspecified atom stereocenters. The van der Waals surface area contributed by atoms with Crippen LogP contribution < -0.4 is 10.7 Å². The average molecular weight is 520 g/mol. The molecule has 0 saturated heterocycles. The van der Waals surface area contributed by atoms with E-state index in [1.807, 2.05) is 6.07 Å². The van der Waals surface area contributed by atoms with Gasteiger partial charge in [0.25, 0.3) is 0 Å². The molecule has 3 aromatic rings. The molecule has 2 aliphatic carbocycles. The Bertz CT molecular complexity index is 1520. The van der Waals surface area contributed by atoms with Gasteiger partial charge < -0.3 is 18.9 Å². The summed E-state index contributed by atoms with van der Waals surface area (Å²) in [6.45, 7) is 1.78. The maximum atomic E-state index is 13.8. The summed E-state index contributed by atoms with van der Waals surface area (Å²) in [6.07, 6.45) is 7.15. The van der Waals surface area contributed by atoms with E-state index in [1.54, 1.807) is 37.5 Å². The van der Waals surface area contributed by atoms with Crippen molar-refractivity contribution in [1.29, 1.82) is 0 Å². The van der Waals surface area contributed by atoms with Gasteiger partial charge in [-0.05, 0) is 69.4 Å². The first kappa shape index (κ1) is 23.8. The van der Waals surface area contributed by atoms with Gasteiger partial charge in [0.05, 0.1) is 29.4 Å². The number of allylic oxidation sites excluding steroid dienone is 3. The highest BCUT2D eigenvalue weighted by Crippen LogP contribution is 2.45. The SMILES string of the molecule is CC1=C(C(=O)OC2CCCC2)[C@@H](c2coc3ccc(Cl)cc3c2=O)C2=C(C[C@H](c3ccco3)CC2=O)N1. The molecule has 0 spiro atoms. The number of esters is 1. The van der Waals surface area contributed by atoms with Gasteiger partial charge in [0.1, 0.15) is 17.4 Å². The zero-order chi connectivity index (χ0) is 25.7. The smallest absolute Gasteiger partial charge is 0.337 e. The monoisotopic (exact) mass is 519 g/mol. The van der Waals surface area contributed by atoms with Crippen LogP contribution >= 0.6 is 11.6 Å². The van der Waals surface area contributed by atoms with Crippen molar-refractivity contribution in [1.82, 2.24) is 5.32 Å². The van der Waals surface area contributed by atoms with Crippen LogP contribution in [0.3, 0.4) is 0 Å². The van der Waals surface area contributed by atoms with Gasteiger partial charge in [-0.1, -0.05) is 11.6 Å². The molecule has 1 saturated carbocycles. The molecule has 1 fully saturated rings. The second-order valence-corrected chi connectivity index (χ2v) is 10.4. The van der Waals surface area contributed by atoms with Crippen molar-refractivity contribution in [3.05, 3.63) is 92.0 Å². The first-order valence-corrected chi connectivity index (χ1v) is 13.0. The molecule has 0 bridgehead atoms. The number of hydrogen-bond acceptors (Lipinski definition) is 7. The molecular weight excluding hydrogens is 494 g/mol. The minimum Gasteiger partial charge on any atom is -0.469 e. The fraction of sp³-hybridized carbons (Fsp3) is 0.345. The summed E-state index contributed by atoms with van der Waals surface area (Å²) >= 11 is 6.18. The summed E-state index contributed by atoms with van der Waals surface area (Å²) in [5.41, 5.74) is 2.18. The van der Waals surface area contributed by atoms with E-state index in [-0.39, 0.29) is 40.8 Å². The zero-order valence-electron chi connectivity index (χ0n) is 20.3. The Balaban J connectivity index is 1.49. The van der Waals surface area contributed by atoms with E-state index >= 15 is 0 Å². The van der Waals surface area contributed by atoms with Crippen LogP contribution in [0.25, 0.3) is 11.0 Å². The van der Waals surface area contributed by atoms with Gasteiger partial charge in [0, 0.05) is 39.9 Å². The van der Waals surface area contributed by atoms with Crippen LogP contribution in [0.2, 0.25) is 5.02 Å². The average Bonchev–Trinajstić information content (AvgIpc) is 3.58. The van der Waals surface area contributed by atoms with Crippen LogP contribution in [0.1, 0.15) is 68.6 Å². The van der Waals surface area contributed by atoms with Gasteiger partial charge in [-0.25, -0.2) is 4.79 Å². The summed E-state index contributed by atoms with van der Waals surface area (Å²) in [5, 5.41) is 3.99. The van der Waals surface area contributed by atoms with E-state index in [4.69, 9.17) is 25.2 Å². The van der Waals surface area contributed by atoms with Crippen LogP contribution in [-0.4, -0.2) is 17.9 Å². The fourth-order valence-corrected chi connectivity index (χ4v) is 6.06. The van der Waals surface area contributed by atoms with Crippen molar-refractivity contribution < 1.29 is 23.2 Å². The molecule has 3 aliphatic rings. The molecule has 37 heavy (non-hydrogen) atoms. The van der Waals surface area contributed by atoms with Gasteiger partial charge in [0.15, 0.2) is 11.2 Å². The number of fused-ring (bicyclic) bond motifs is 1. The van der Waals surface area contributed by atoms with Crippen molar-refractivity contribution in [2.45, 2.75) is 63.4 Å². The molecule has 1 N–H and O–H groups in total. The molecule has 6 rings (SSSR count). The van der Waals surface area contributed by atoms with Gasteiger partial charge in [-0.15, -0.1) is 0 Å². The second kappa shape index (κ2) is 9.38. The Labute approximate surface area is 218 Å². The minimum atomic E-state index is -0.908. The van der Waals surface area contributed by atoms with E-state index in [2.05, 4.69) is 5.32 Å². The Morgan fingerprint density at radius 3 is 2.68 bits per heavy atom. The first-order chi connectivity index (χ1) is 17.9. The number of dihydropyridines is 1. The number of halogens is 1. The van der Waals surface area contributed by atoms with E-state index in [9.17, 15) is 14.4 Å². The molecule has 0 amide bonds. The first-order valence-electron chi connectivity index (χ1n) is 12.6. The number of furan rings is 1.